The lowest BCUT2D eigenvalue weighted by Crippen LogP contribution is -2.25. The maximum atomic E-state index is 11.4. The molecular formula is C13H18N2O5. The third-order valence-electron chi connectivity index (χ3n) is 2.47. The summed E-state index contributed by atoms with van der Waals surface area (Å²) in [7, 11) is 3.16. The maximum absolute atomic E-state index is 11.4. The van der Waals surface area contributed by atoms with Crippen molar-refractivity contribution in [3.05, 3.63) is 29.8 Å². The number of rotatable bonds is 5. The normalized spacial score (nSPS) is 11.6. The predicted octanol–water partition coefficient (Wildman–Crippen LogP) is 1.27. The first kappa shape index (κ1) is 15.8. The Bertz CT molecular complexity index is 458. The van der Waals surface area contributed by atoms with Crippen LogP contribution in [-0.4, -0.2) is 42.9 Å². The largest absolute Gasteiger partial charge is 0.441 e. The average molecular weight is 282 g/mol. The van der Waals surface area contributed by atoms with Crippen LogP contribution in [0.3, 0.4) is 0 Å². The Kier molecular flexibility index (Phi) is 5.79. The Balaban J connectivity index is 2.77. The van der Waals surface area contributed by atoms with Crippen LogP contribution in [0, 0.1) is 0 Å². The molecule has 7 heteroatoms. The van der Waals surface area contributed by atoms with Gasteiger partial charge in [-0.3, -0.25) is 0 Å². The zero-order valence-electron chi connectivity index (χ0n) is 11.4. The summed E-state index contributed by atoms with van der Waals surface area (Å²) in [5, 5.41) is 8.94. The molecule has 0 fully saturated rings. The van der Waals surface area contributed by atoms with Crippen LogP contribution in [0.4, 0.5) is 9.59 Å². The molecule has 0 heterocycles. The third-order valence-corrected chi connectivity index (χ3v) is 2.47. The van der Waals surface area contributed by atoms with Gasteiger partial charge in [0.05, 0.1) is 0 Å². The molecule has 3 N–H and O–H groups in total. The highest BCUT2D eigenvalue weighted by molar-refractivity contribution is 5.70. The Morgan fingerprint density at radius 3 is 2.35 bits per heavy atom. The molecule has 0 aliphatic rings. The van der Waals surface area contributed by atoms with E-state index in [1.807, 2.05) is 0 Å². The number of carbonyl (C=O) groups excluding carboxylic acids is 2. The predicted molar refractivity (Wildman–Crippen MR) is 71.3 cm³/mol. The SMILES string of the molecule is CN(C)C(=O)Oc1ccc([C@H](CCO)OC(N)=O)cc1. The lowest BCUT2D eigenvalue weighted by molar-refractivity contribution is 0.0877. The van der Waals surface area contributed by atoms with Crippen molar-refractivity contribution in [2.24, 2.45) is 5.73 Å². The quantitative estimate of drug-likeness (QED) is 0.846. The lowest BCUT2D eigenvalue weighted by atomic mass is 10.1. The highest BCUT2D eigenvalue weighted by Crippen LogP contribution is 2.23. The zero-order chi connectivity index (χ0) is 15.1. The Morgan fingerprint density at radius 2 is 1.90 bits per heavy atom. The molecule has 0 radical (unpaired) electrons. The van der Waals surface area contributed by atoms with E-state index in [9.17, 15) is 9.59 Å². The standard InChI is InChI=1S/C13H18N2O5/c1-15(2)13(18)19-10-5-3-9(4-6-10)11(7-8-16)20-12(14)17/h3-6,11,16H,7-8H2,1-2H3,(H2,14,17)/t11-/m0/s1. The first-order valence-corrected chi connectivity index (χ1v) is 6.00. The second-order valence-electron chi connectivity index (χ2n) is 4.27. The Labute approximate surface area is 116 Å². The summed E-state index contributed by atoms with van der Waals surface area (Å²) in [6, 6.07) is 6.43. The molecule has 20 heavy (non-hydrogen) atoms. The van der Waals surface area contributed by atoms with Gasteiger partial charge in [0.25, 0.3) is 0 Å². The number of nitrogens with two attached hydrogens (primary N) is 1. The van der Waals surface area contributed by atoms with Crippen LogP contribution in [-0.2, 0) is 4.74 Å². The molecule has 0 saturated heterocycles. The minimum absolute atomic E-state index is 0.144. The second-order valence-corrected chi connectivity index (χ2v) is 4.27. The van der Waals surface area contributed by atoms with Gasteiger partial charge in [0, 0.05) is 27.1 Å². The summed E-state index contributed by atoms with van der Waals surface area (Å²) >= 11 is 0. The van der Waals surface area contributed by atoms with Gasteiger partial charge in [0.1, 0.15) is 11.9 Å². The van der Waals surface area contributed by atoms with Gasteiger partial charge in [-0.05, 0) is 17.7 Å². The van der Waals surface area contributed by atoms with E-state index >= 15 is 0 Å². The molecule has 0 aliphatic carbocycles. The lowest BCUT2D eigenvalue weighted by Gasteiger charge is -2.16. The molecule has 1 aromatic carbocycles. The van der Waals surface area contributed by atoms with Crippen molar-refractivity contribution in [2.75, 3.05) is 20.7 Å². The van der Waals surface area contributed by atoms with Crippen molar-refractivity contribution in [3.8, 4) is 5.75 Å². The number of hydrogen-bond acceptors (Lipinski definition) is 5. The van der Waals surface area contributed by atoms with Crippen LogP contribution in [0.5, 0.6) is 5.75 Å². The molecule has 7 nitrogen and oxygen atoms in total. The number of aliphatic hydroxyl groups excluding tert-OH is 1. The second kappa shape index (κ2) is 7.34. The van der Waals surface area contributed by atoms with Gasteiger partial charge in [-0.1, -0.05) is 12.1 Å². The van der Waals surface area contributed by atoms with E-state index in [0.29, 0.717) is 11.3 Å². The molecule has 0 saturated carbocycles. The highest BCUT2D eigenvalue weighted by atomic mass is 16.6. The van der Waals surface area contributed by atoms with Crippen molar-refractivity contribution in [1.82, 2.24) is 4.90 Å². The Morgan fingerprint density at radius 1 is 1.30 bits per heavy atom. The summed E-state index contributed by atoms with van der Waals surface area (Å²) < 4.78 is 9.96. The van der Waals surface area contributed by atoms with E-state index in [1.54, 1.807) is 38.4 Å². The van der Waals surface area contributed by atoms with Crippen LogP contribution in [0.25, 0.3) is 0 Å². The van der Waals surface area contributed by atoms with Gasteiger partial charge in [-0.15, -0.1) is 0 Å². The number of amides is 2. The number of aliphatic hydroxyl groups is 1. The molecule has 0 unspecified atom stereocenters. The van der Waals surface area contributed by atoms with Crippen molar-refractivity contribution in [1.29, 1.82) is 0 Å². The summed E-state index contributed by atoms with van der Waals surface area (Å²) in [4.78, 5) is 23.5. The van der Waals surface area contributed by atoms with Gasteiger partial charge in [-0.2, -0.15) is 0 Å². The van der Waals surface area contributed by atoms with Gasteiger partial charge < -0.3 is 25.2 Å². The molecule has 0 bridgehead atoms. The van der Waals surface area contributed by atoms with Crippen LogP contribution < -0.4 is 10.5 Å². The topological polar surface area (TPSA) is 102 Å². The van der Waals surface area contributed by atoms with E-state index in [-0.39, 0.29) is 13.0 Å². The van der Waals surface area contributed by atoms with Crippen LogP contribution in [0.1, 0.15) is 18.1 Å². The van der Waals surface area contributed by atoms with Crippen LogP contribution >= 0.6 is 0 Å². The molecule has 110 valence electrons. The monoisotopic (exact) mass is 282 g/mol. The van der Waals surface area contributed by atoms with E-state index in [2.05, 4.69) is 0 Å². The van der Waals surface area contributed by atoms with Gasteiger partial charge in [0.15, 0.2) is 0 Å². The number of carbonyl (C=O) groups is 2. The van der Waals surface area contributed by atoms with Crippen molar-refractivity contribution in [2.45, 2.75) is 12.5 Å². The zero-order valence-corrected chi connectivity index (χ0v) is 11.4. The van der Waals surface area contributed by atoms with Crippen molar-refractivity contribution in [3.63, 3.8) is 0 Å². The number of benzene rings is 1. The number of primary amides is 1. The average Bonchev–Trinajstić information content (AvgIpc) is 2.38. The number of ether oxygens (including phenoxy) is 2. The summed E-state index contributed by atoms with van der Waals surface area (Å²) in [5.41, 5.74) is 5.63. The first-order valence-electron chi connectivity index (χ1n) is 6.00. The van der Waals surface area contributed by atoms with Gasteiger partial charge >= 0.3 is 12.2 Å². The van der Waals surface area contributed by atoms with Gasteiger partial charge in [-0.25, -0.2) is 9.59 Å². The maximum Gasteiger partial charge on any atom is 0.414 e. The van der Waals surface area contributed by atoms with Crippen LogP contribution in [0.15, 0.2) is 24.3 Å². The molecule has 1 rings (SSSR count). The van der Waals surface area contributed by atoms with Gasteiger partial charge in [0.2, 0.25) is 0 Å². The molecule has 0 spiro atoms. The van der Waals surface area contributed by atoms with Crippen molar-refractivity contribution >= 4 is 12.2 Å². The van der Waals surface area contributed by atoms with E-state index in [0.717, 1.165) is 0 Å². The third kappa shape index (κ3) is 4.77. The summed E-state index contributed by atoms with van der Waals surface area (Å²) in [5.74, 6) is 0.370. The smallest absolute Gasteiger partial charge is 0.414 e. The molecular weight excluding hydrogens is 264 g/mol. The van der Waals surface area contributed by atoms with Crippen molar-refractivity contribution < 1.29 is 24.2 Å². The highest BCUT2D eigenvalue weighted by Gasteiger charge is 2.15. The molecule has 2 amide bonds. The Hall–Kier alpha value is -2.28. The summed E-state index contributed by atoms with van der Waals surface area (Å²) in [6.07, 6.45) is -1.79. The number of nitrogens with zero attached hydrogens (tertiary/aromatic N) is 1. The first-order chi connectivity index (χ1) is 9.43. The fourth-order valence-corrected chi connectivity index (χ4v) is 1.49. The minimum atomic E-state index is -0.911. The van der Waals surface area contributed by atoms with E-state index in [1.165, 1.54) is 4.90 Å². The van der Waals surface area contributed by atoms with E-state index in [4.69, 9.17) is 20.3 Å². The molecule has 0 aliphatic heterocycles. The minimum Gasteiger partial charge on any atom is -0.441 e. The summed E-state index contributed by atoms with van der Waals surface area (Å²) in [6.45, 7) is -0.144. The molecule has 1 atom stereocenters. The van der Waals surface area contributed by atoms with Crippen LogP contribution in [0.2, 0.25) is 0 Å². The van der Waals surface area contributed by atoms with E-state index < -0.39 is 18.3 Å². The molecule has 1 aromatic rings. The molecule has 0 aromatic heterocycles. The fourth-order valence-electron chi connectivity index (χ4n) is 1.49. The number of hydrogen-bond donors (Lipinski definition) is 2. The fraction of sp³-hybridized carbons (Fsp3) is 0.385.